The van der Waals surface area contributed by atoms with Crippen LogP contribution in [0.3, 0.4) is 0 Å². The summed E-state index contributed by atoms with van der Waals surface area (Å²) in [5.41, 5.74) is 1.88. The highest BCUT2D eigenvalue weighted by atomic mass is 16.5. The quantitative estimate of drug-likeness (QED) is 0.853. The monoisotopic (exact) mass is 236 g/mol. The van der Waals surface area contributed by atoms with Crippen molar-refractivity contribution < 1.29 is 14.6 Å². The summed E-state index contributed by atoms with van der Waals surface area (Å²) in [7, 11) is 0. The molecule has 0 heterocycles. The molecule has 0 saturated heterocycles. The van der Waals surface area contributed by atoms with Crippen molar-refractivity contribution in [2.75, 3.05) is 0 Å². The van der Waals surface area contributed by atoms with Gasteiger partial charge in [0.05, 0.1) is 12.5 Å². The topological polar surface area (TPSA) is 46.5 Å². The molecule has 1 rings (SSSR count). The molecule has 0 radical (unpaired) electrons. The average molecular weight is 236 g/mol. The predicted molar refractivity (Wildman–Crippen MR) is 67.6 cm³/mol. The van der Waals surface area contributed by atoms with Gasteiger partial charge >= 0.3 is 5.97 Å². The third-order valence-corrected chi connectivity index (χ3v) is 2.41. The van der Waals surface area contributed by atoms with Gasteiger partial charge in [-0.1, -0.05) is 26.0 Å². The number of carboxylic acids is 1. The van der Waals surface area contributed by atoms with Gasteiger partial charge in [-0.25, -0.2) is 0 Å². The number of hydrogen-bond acceptors (Lipinski definition) is 2. The van der Waals surface area contributed by atoms with Gasteiger partial charge in [-0.3, -0.25) is 4.79 Å². The molecule has 0 aliphatic carbocycles. The molecule has 94 valence electrons. The van der Waals surface area contributed by atoms with Crippen molar-refractivity contribution in [2.45, 2.75) is 46.1 Å². The van der Waals surface area contributed by atoms with Crippen molar-refractivity contribution in [3.63, 3.8) is 0 Å². The van der Waals surface area contributed by atoms with Crippen LogP contribution in [0.25, 0.3) is 0 Å². The summed E-state index contributed by atoms with van der Waals surface area (Å²) in [6.07, 6.45) is 0.180. The first-order chi connectivity index (χ1) is 7.90. The molecule has 3 heteroatoms. The summed E-state index contributed by atoms with van der Waals surface area (Å²) in [6, 6.07) is 5.61. The lowest BCUT2D eigenvalue weighted by Gasteiger charge is -2.17. The van der Waals surface area contributed by atoms with Gasteiger partial charge in [0.15, 0.2) is 0 Å². The van der Waals surface area contributed by atoms with Gasteiger partial charge in [0, 0.05) is 0 Å². The Hall–Kier alpha value is -1.51. The van der Waals surface area contributed by atoms with E-state index in [4.69, 9.17) is 9.84 Å². The summed E-state index contributed by atoms with van der Waals surface area (Å²) in [4.78, 5) is 10.7. The van der Waals surface area contributed by atoms with E-state index in [0.717, 1.165) is 16.9 Å². The van der Waals surface area contributed by atoms with Crippen LogP contribution in [-0.4, -0.2) is 17.2 Å². The molecule has 3 nitrogen and oxygen atoms in total. The standard InChI is InChI=1S/C14H20O3/c1-9(2)12-7-11(8-14(15)16)5-6-13(12)17-10(3)4/h5-7,9-10H,8H2,1-4H3,(H,15,16). The minimum atomic E-state index is -0.808. The van der Waals surface area contributed by atoms with E-state index < -0.39 is 5.97 Å². The zero-order valence-corrected chi connectivity index (χ0v) is 10.9. The first-order valence-corrected chi connectivity index (χ1v) is 5.91. The van der Waals surface area contributed by atoms with Crippen molar-refractivity contribution in [1.29, 1.82) is 0 Å². The molecule has 1 aromatic rings. The molecular weight excluding hydrogens is 216 g/mol. The molecule has 0 unspecified atom stereocenters. The maximum Gasteiger partial charge on any atom is 0.307 e. The van der Waals surface area contributed by atoms with Gasteiger partial charge in [-0.2, -0.15) is 0 Å². The molecule has 0 aliphatic rings. The van der Waals surface area contributed by atoms with Crippen LogP contribution in [0, 0.1) is 0 Å². The van der Waals surface area contributed by atoms with Crippen molar-refractivity contribution in [2.24, 2.45) is 0 Å². The second-order valence-corrected chi connectivity index (χ2v) is 4.76. The molecule has 0 spiro atoms. The number of rotatable bonds is 5. The van der Waals surface area contributed by atoms with E-state index in [0.29, 0.717) is 5.92 Å². The van der Waals surface area contributed by atoms with Crippen LogP contribution in [0.4, 0.5) is 0 Å². The maximum atomic E-state index is 10.7. The number of carbonyl (C=O) groups is 1. The fourth-order valence-electron chi connectivity index (χ4n) is 1.69. The Bertz CT molecular complexity index is 394. The van der Waals surface area contributed by atoms with Gasteiger partial charge in [0.2, 0.25) is 0 Å². The van der Waals surface area contributed by atoms with E-state index in [9.17, 15) is 4.79 Å². The maximum absolute atomic E-state index is 10.7. The van der Waals surface area contributed by atoms with Crippen molar-refractivity contribution in [3.8, 4) is 5.75 Å². The van der Waals surface area contributed by atoms with E-state index in [1.807, 2.05) is 32.0 Å². The van der Waals surface area contributed by atoms with Crippen LogP contribution in [0.5, 0.6) is 5.75 Å². The number of hydrogen-bond donors (Lipinski definition) is 1. The SMILES string of the molecule is CC(C)Oc1ccc(CC(=O)O)cc1C(C)C. The van der Waals surface area contributed by atoms with Crippen LogP contribution in [0.1, 0.15) is 44.7 Å². The number of ether oxygens (including phenoxy) is 1. The Morgan fingerprint density at radius 1 is 1.29 bits per heavy atom. The molecule has 0 bridgehead atoms. The highest BCUT2D eigenvalue weighted by Crippen LogP contribution is 2.28. The highest BCUT2D eigenvalue weighted by Gasteiger charge is 2.11. The minimum absolute atomic E-state index is 0.0572. The summed E-state index contributed by atoms with van der Waals surface area (Å²) in [5, 5.41) is 8.78. The molecule has 0 fully saturated rings. The van der Waals surface area contributed by atoms with Crippen LogP contribution >= 0.6 is 0 Å². The number of aliphatic carboxylic acids is 1. The van der Waals surface area contributed by atoms with Gasteiger partial charge in [-0.05, 0) is 37.0 Å². The Morgan fingerprint density at radius 3 is 2.41 bits per heavy atom. The number of carboxylic acid groups (broad SMARTS) is 1. The second-order valence-electron chi connectivity index (χ2n) is 4.76. The first-order valence-electron chi connectivity index (χ1n) is 5.91. The molecule has 1 aromatic carbocycles. The van der Waals surface area contributed by atoms with E-state index in [1.54, 1.807) is 0 Å². The fourth-order valence-corrected chi connectivity index (χ4v) is 1.69. The lowest BCUT2D eigenvalue weighted by Crippen LogP contribution is -2.09. The molecule has 1 N–H and O–H groups in total. The first kappa shape index (κ1) is 13.6. The molecule has 0 aromatic heterocycles. The van der Waals surface area contributed by atoms with Gasteiger partial charge in [0.25, 0.3) is 0 Å². The van der Waals surface area contributed by atoms with Crippen molar-refractivity contribution >= 4 is 5.97 Å². The molecular formula is C14H20O3. The van der Waals surface area contributed by atoms with Gasteiger partial charge in [-0.15, -0.1) is 0 Å². The third kappa shape index (κ3) is 4.10. The third-order valence-electron chi connectivity index (χ3n) is 2.41. The summed E-state index contributed by atoms with van der Waals surface area (Å²) in [5.74, 6) is 0.360. The van der Waals surface area contributed by atoms with E-state index >= 15 is 0 Å². The molecule has 0 saturated carbocycles. The van der Waals surface area contributed by atoms with Crippen LogP contribution < -0.4 is 4.74 Å². The minimum Gasteiger partial charge on any atom is -0.491 e. The zero-order valence-electron chi connectivity index (χ0n) is 10.9. The largest absolute Gasteiger partial charge is 0.491 e. The number of benzene rings is 1. The molecule has 0 amide bonds. The van der Waals surface area contributed by atoms with E-state index in [2.05, 4.69) is 13.8 Å². The Balaban J connectivity index is 3.03. The van der Waals surface area contributed by atoms with Crippen LogP contribution in [0.2, 0.25) is 0 Å². The average Bonchev–Trinajstić information content (AvgIpc) is 2.18. The molecule has 0 atom stereocenters. The van der Waals surface area contributed by atoms with Crippen molar-refractivity contribution in [3.05, 3.63) is 29.3 Å². The van der Waals surface area contributed by atoms with Crippen LogP contribution in [-0.2, 0) is 11.2 Å². The normalized spacial score (nSPS) is 10.9. The second kappa shape index (κ2) is 5.71. The predicted octanol–water partition coefficient (Wildman–Crippen LogP) is 3.22. The summed E-state index contributed by atoms with van der Waals surface area (Å²) >= 11 is 0. The van der Waals surface area contributed by atoms with Gasteiger partial charge < -0.3 is 9.84 Å². The summed E-state index contributed by atoms with van der Waals surface area (Å²) < 4.78 is 5.72. The van der Waals surface area contributed by atoms with Crippen molar-refractivity contribution in [1.82, 2.24) is 0 Å². The molecule has 17 heavy (non-hydrogen) atoms. The van der Waals surface area contributed by atoms with Gasteiger partial charge in [0.1, 0.15) is 5.75 Å². The molecule has 0 aliphatic heterocycles. The Labute approximate surface area is 102 Å². The Kier molecular flexibility index (Phi) is 4.55. The van der Waals surface area contributed by atoms with E-state index in [-0.39, 0.29) is 12.5 Å². The van der Waals surface area contributed by atoms with E-state index in [1.165, 1.54) is 0 Å². The lowest BCUT2D eigenvalue weighted by molar-refractivity contribution is -0.136. The zero-order chi connectivity index (χ0) is 13.0. The van der Waals surface area contributed by atoms with Crippen LogP contribution in [0.15, 0.2) is 18.2 Å². The lowest BCUT2D eigenvalue weighted by atomic mass is 9.98. The summed E-state index contributed by atoms with van der Waals surface area (Å²) in [6.45, 7) is 8.12. The fraction of sp³-hybridized carbons (Fsp3) is 0.500. The highest BCUT2D eigenvalue weighted by molar-refractivity contribution is 5.70. The Morgan fingerprint density at radius 2 is 1.94 bits per heavy atom. The smallest absolute Gasteiger partial charge is 0.307 e.